The second-order valence-electron chi connectivity index (χ2n) is 5.71. The lowest BCUT2D eigenvalue weighted by Crippen LogP contribution is -2.22. The molecule has 19 heavy (non-hydrogen) atoms. The molecule has 0 spiro atoms. The van der Waals surface area contributed by atoms with E-state index in [2.05, 4.69) is 38.4 Å². The van der Waals surface area contributed by atoms with Crippen molar-refractivity contribution in [3.63, 3.8) is 0 Å². The number of aromatic nitrogens is 1. The lowest BCUT2D eigenvalue weighted by Gasteiger charge is -2.15. The Bertz CT molecular complexity index is 496. The van der Waals surface area contributed by atoms with Gasteiger partial charge in [0.1, 0.15) is 5.76 Å². The van der Waals surface area contributed by atoms with Gasteiger partial charge in [-0.2, -0.15) is 0 Å². The van der Waals surface area contributed by atoms with E-state index in [1.807, 2.05) is 12.1 Å². The van der Waals surface area contributed by atoms with E-state index in [-0.39, 0.29) is 11.5 Å². The highest BCUT2D eigenvalue weighted by Gasteiger charge is 2.20. The maximum absolute atomic E-state index is 5.51. The van der Waals surface area contributed by atoms with Crippen LogP contribution in [0.1, 0.15) is 50.2 Å². The SMILES string of the molecule is CCNC(Cc1nc(C(C)(C)C)cs1)c1ccco1. The molecule has 3 nitrogen and oxygen atoms in total. The fraction of sp³-hybridized carbons (Fsp3) is 0.533. The second kappa shape index (κ2) is 5.88. The van der Waals surface area contributed by atoms with Crippen LogP contribution in [0, 0.1) is 0 Å². The van der Waals surface area contributed by atoms with Gasteiger partial charge in [-0.1, -0.05) is 27.7 Å². The number of nitrogens with one attached hydrogen (secondary N) is 1. The van der Waals surface area contributed by atoms with E-state index in [0.717, 1.165) is 23.7 Å². The molecule has 2 aromatic heterocycles. The summed E-state index contributed by atoms with van der Waals surface area (Å²) in [6, 6.07) is 4.16. The van der Waals surface area contributed by atoms with Crippen molar-refractivity contribution < 1.29 is 4.42 Å². The van der Waals surface area contributed by atoms with Gasteiger partial charge in [-0.15, -0.1) is 11.3 Å². The maximum atomic E-state index is 5.51. The van der Waals surface area contributed by atoms with Crippen molar-refractivity contribution in [2.45, 2.75) is 45.6 Å². The summed E-state index contributed by atoms with van der Waals surface area (Å²) in [5.41, 5.74) is 1.29. The molecular weight excluding hydrogens is 256 g/mol. The zero-order chi connectivity index (χ0) is 13.9. The van der Waals surface area contributed by atoms with Gasteiger partial charge in [0.25, 0.3) is 0 Å². The fourth-order valence-electron chi connectivity index (χ4n) is 1.93. The average Bonchev–Trinajstić information content (AvgIpc) is 2.98. The predicted octanol–water partition coefficient (Wildman–Crippen LogP) is 3.93. The zero-order valence-corrected chi connectivity index (χ0v) is 12.9. The van der Waals surface area contributed by atoms with E-state index in [0.29, 0.717) is 0 Å². The van der Waals surface area contributed by atoms with Crippen LogP contribution < -0.4 is 5.32 Å². The van der Waals surface area contributed by atoms with Crippen LogP contribution in [0.3, 0.4) is 0 Å². The largest absolute Gasteiger partial charge is 0.468 e. The van der Waals surface area contributed by atoms with Gasteiger partial charge in [-0.05, 0) is 18.7 Å². The lowest BCUT2D eigenvalue weighted by molar-refractivity contribution is 0.415. The van der Waals surface area contributed by atoms with Crippen LogP contribution in [0.5, 0.6) is 0 Å². The Hall–Kier alpha value is -1.13. The molecule has 0 radical (unpaired) electrons. The Morgan fingerprint density at radius 1 is 1.42 bits per heavy atom. The molecule has 0 aliphatic heterocycles. The highest BCUT2D eigenvalue weighted by Crippen LogP contribution is 2.26. The van der Waals surface area contributed by atoms with E-state index < -0.39 is 0 Å². The first kappa shape index (κ1) is 14.3. The highest BCUT2D eigenvalue weighted by atomic mass is 32.1. The zero-order valence-electron chi connectivity index (χ0n) is 12.1. The van der Waals surface area contributed by atoms with Crippen LogP contribution in [0.25, 0.3) is 0 Å². The third kappa shape index (κ3) is 3.67. The molecule has 1 unspecified atom stereocenters. The number of nitrogens with zero attached hydrogens (tertiary/aromatic N) is 1. The molecule has 0 aliphatic carbocycles. The van der Waals surface area contributed by atoms with Crippen molar-refractivity contribution in [1.82, 2.24) is 10.3 Å². The molecule has 4 heteroatoms. The molecule has 0 saturated carbocycles. The quantitative estimate of drug-likeness (QED) is 0.900. The molecule has 0 saturated heterocycles. The van der Waals surface area contributed by atoms with Gasteiger partial charge in [-0.3, -0.25) is 0 Å². The first-order chi connectivity index (χ1) is 9.00. The molecule has 2 rings (SSSR count). The van der Waals surface area contributed by atoms with Gasteiger partial charge in [-0.25, -0.2) is 4.98 Å². The van der Waals surface area contributed by atoms with Crippen LogP contribution in [-0.2, 0) is 11.8 Å². The van der Waals surface area contributed by atoms with E-state index in [1.165, 1.54) is 5.69 Å². The van der Waals surface area contributed by atoms with E-state index in [1.54, 1.807) is 17.6 Å². The molecule has 104 valence electrons. The molecule has 2 aromatic rings. The highest BCUT2D eigenvalue weighted by molar-refractivity contribution is 7.09. The van der Waals surface area contributed by atoms with Gasteiger partial charge < -0.3 is 9.73 Å². The number of likely N-dealkylation sites (N-methyl/N-ethyl adjacent to an activating group) is 1. The van der Waals surface area contributed by atoms with Crippen molar-refractivity contribution in [3.8, 4) is 0 Å². The summed E-state index contributed by atoms with van der Waals surface area (Å²) in [7, 11) is 0. The molecule has 0 fully saturated rings. The number of hydrogen-bond donors (Lipinski definition) is 1. The summed E-state index contributed by atoms with van der Waals surface area (Å²) in [5.74, 6) is 0.981. The monoisotopic (exact) mass is 278 g/mol. The van der Waals surface area contributed by atoms with Crippen molar-refractivity contribution in [2.75, 3.05) is 6.54 Å². The third-order valence-electron chi connectivity index (χ3n) is 3.04. The van der Waals surface area contributed by atoms with Crippen LogP contribution in [0.2, 0.25) is 0 Å². The van der Waals surface area contributed by atoms with Crippen molar-refractivity contribution in [2.24, 2.45) is 0 Å². The van der Waals surface area contributed by atoms with Gasteiger partial charge in [0, 0.05) is 17.2 Å². The predicted molar refractivity (Wildman–Crippen MR) is 79.6 cm³/mol. The minimum atomic E-state index is 0.118. The van der Waals surface area contributed by atoms with Gasteiger partial charge in [0.2, 0.25) is 0 Å². The van der Waals surface area contributed by atoms with Crippen molar-refractivity contribution in [3.05, 3.63) is 40.2 Å². The first-order valence-corrected chi connectivity index (χ1v) is 7.60. The average molecular weight is 278 g/mol. The topological polar surface area (TPSA) is 38.1 Å². The summed E-state index contributed by atoms with van der Waals surface area (Å²) in [5, 5.41) is 6.78. The van der Waals surface area contributed by atoms with E-state index >= 15 is 0 Å². The minimum absolute atomic E-state index is 0.118. The van der Waals surface area contributed by atoms with Crippen LogP contribution in [0.15, 0.2) is 28.2 Å². The molecule has 0 aromatic carbocycles. The first-order valence-electron chi connectivity index (χ1n) is 6.72. The van der Waals surface area contributed by atoms with Crippen LogP contribution in [-0.4, -0.2) is 11.5 Å². The van der Waals surface area contributed by atoms with Gasteiger partial charge in [0.15, 0.2) is 0 Å². The minimum Gasteiger partial charge on any atom is -0.468 e. The third-order valence-corrected chi connectivity index (χ3v) is 3.91. The smallest absolute Gasteiger partial charge is 0.121 e. The Labute approximate surface area is 119 Å². The summed E-state index contributed by atoms with van der Waals surface area (Å²) >= 11 is 1.74. The standard InChI is InChI=1S/C15H22N2OS/c1-5-16-11(12-7-6-8-18-12)9-14-17-13(10-19-14)15(2,3)4/h6-8,10-11,16H,5,9H2,1-4H3. The summed E-state index contributed by atoms with van der Waals surface area (Å²) in [6.07, 6.45) is 2.60. The fourth-order valence-corrected chi connectivity index (χ4v) is 3.00. The van der Waals surface area contributed by atoms with Crippen molar-refractivity contribution >= 4 is 11.3 Å². The molecule has 0 amide bonds. The number of thiazole rings is 1. The molecule has 1 atom stereocenters. The molecule has 0 bridgehead atoms. The normalized spacial score (nSPS) is 13.7. The molecule has 2 heterocycles. The Morgan fingerprint density at radius 3 is 2.74 bits per heavy atom. The Balaban J connectivity index is 2.11. The summed E-state index contributed by atoms with van der Waals surface area (Å²) in [6.45, 7) is 9.61. The van der Waals surface area contributed by atoms with Crippen LogP contribution in [0.4, 0.5) is 0 Å². The number of furan rings is 1. The molecular formula is C15H22N2OS. The molecule has 1 N–H and O–H groups in total. The van der Waals surface area contributed by atoms with Crippen molar-refractivity contribution in [1.29, 1.82) is 0 Å². The van der Waals surface area contributed by atoms with Gasteiger partial charge >= 0.3 is 0 Å². The Kier molecular flexibility index (Phi) is 4.42. The number of rotatable bonds is 5. The second-order valence-corrected chi connectivity index (χ2v) is 6.65. The number of hydrogen-bond acceptors (Lipinski definition) is 4. The Morgan fingerprint density at radius 2 is 2.21 bits per heavy atom. The molecule has 0 aliphatic rings. The van der Waals surface area contributed by atoms with E-state index in [4.69, 9.17) is 9.40 Å². The summed E-state index contributed by atoms with van der Waals surface area (Å²) < 4.78 is 5.51. The lowest BCUT2D eigenvalue weighted by atomic mass is 9.93. The van der Waals surface area contributed by atoms with Crippen LogP contribution >= 0.6 is 11.3 Å². The van der Waals surface area contributed by atoms with E-state index in [9.17, 15) is 0 Å². The maximum Gasteiger partial charge on any atom is 0.121 e. The van der Waals surface area contributed by atoms with Gasteiger partial charge in [0.05, 0.1) is 23.0 Å². The summed E-state index contributed by atoms with van der Waals surface area (Å²) in [4.78, 5) is 4.75.